The molecule has 1 atom stereocenters. The van der Waals surface area contributed by atoms with Crippen LogP contribution in [0.25, 0.3) is 10.4 Å². The monoisotopic (exact) mass is 407 g/mol. The Morgan fingerprint density at radius 3 is 2.62 bits per heavy atom. The van der Waals surface area contributed by atoms with Gasteiger partial charge in [0.25, 0.3) is 5.91 Å². The minimum Gasteiger partial charge on any atom is -0.346 e. The first-order valence-corrected chi connectivity index (χ1v) is 10.4. The third-order valence-corrected chi connectivity index (χ3v) is 5.61. The Bertz CT molecular complexity index is 970. The quantitative estimate of drug-likeness (QED) is 0.493. The van der Waals surface area contributed by atoms with E-state index in [0.717, 1.165) is 16.7 Å². The van der Waals surface area contributed by atoms with Crippen LogP contribution in [0.2, 0.25) is 0 Å². The van der Waals surface area contributed by atoms with Gasteiger partial charge in [-0.2, -0.15) is 0 Å². The largest absolute Gasteiger partial charge is 0.346 e. The zero-order valence-corrected chi connectivity index (χ0v) is 17.4. The van der Waals surface area contributed by atoms with Crippen LogP contribution in [-0.4, -0.2) is 18.9 Å². The maximum Gasteiger partial charge on any atom is 0.252 e. The van der Waals surface area contributed by atoms with E-state index in [0.29, 0.717) is 18.4 Å². The van der Waals surface area contributed by atoms with Crippen molar-refractivity contribution in [3.05, 3.63) is 82.7 Å². The molecule has 0 saturated carbocycles. The van der Waals surface area contributed by atoms with E-state index in [1.807, 2.05) is 43.3 Å². The minimum absolute atomic E-state index is 0.110. The van der Waals surface area contributed by atoms with E-state index in [-0.39, 0.29) is 17.9 Å². The molecule has 3 N–H and O–H groups in total. The van der Waals surface area contributed by atoms with E-state index < -0.39 is 0 Å². The predicted octanol–water partition coefficient (Wildman–Crippen LogP) is 4.09. The summed E-state index contributed by atoms with van der Waals surface area (Å²) in [7, 11) is 1.65. The van der Waals surface area contributed by atoms with Crippen LogP contribution in [0, 0.1) is 0 Å². The summed E-state index contributed by atoms with van der Waals surface area (Å²) in [5, 5.41) is 5.15. The molecule has 150 valence electrons. The molecule has 0 spiro atoms. The Balaban J connectivity index is 1.70. The molecule has 3 aromatic rings. The fraction of sp³-hybridized carbons (Fsp3) is 0.217. The standard InChI is InChI=1S/C23H25N3O2S/c1-16(18-8-5-9-19(15-18)21-11-6-14-29-21)25-23(28)20-10-4-3-7-17(20)12-13-22(27)26-24-2/h3-11,14-16,24H,12-13H2,1-2H3,(H,25,28)(H,26,27). The van der Waals surface area contributed by atoms with Crippen LogP contribution in [0.4, 0.5) is 0 Å². The second kappa shape index (κ2) is 10.0. The number of aryl methyl sites for hydroxylation is 1. The number of amides is 2. The van der Waals surface area contributed by atoms with Crippen LogP contribution in [0.15, 0.2) is 66.0 Å². The molecule has 29 heavy (non-hydrogen) atoms. The Morgan fingerprint density at radius 2 is 1.86 bits per heavy atom. The Kier molecular flexibility index (Phi) is 7.16. The van der Waals surface area contributed by atoms with Crippen molar-refractivity contribution in [2.24, 2.45) is 0 Å². The Labute approximate surface area is 175 Å². The number of nitrogens with one attached hydrogen (secondary N) is 3. The SMILES string of the molecule is CNNC(=O)CCc1ccccc1C(=O)NC(C)c1cccc(-c2cccs2)c1. The first-order valence-electron chi connectivity index (χ1n) is 9.56. The first kappa shape index (κ1) is 20.8. The third-order valence-electron chi connectivity index (χ3n) is 4.69. The first-order chi connectivity index (χ1) is 14.1. The lowest BCUT2D eigenvalue weighted by Crippen LogP contribution is -2.34. The smallest absolute Gasteiger partial charge is 0.252 e. The van der Waals surface area contributed by atoms with Crippen LogP contribution in [0.1, 0.15) is 40.9 Å². The molecule has 0 aliphatic heterocycles. The van der Waals surface area contributed by atoms with E-state index in [1.54, 1.807) is 24.5 Å². The summed E-state index contributed by atoms with van der Waals surface area (Å²) in [6, 6.07) is 19.6. The van der Waals surface area contributed by atoms with Crippen LogP contribution in [0.5, 0.6) is 0 Å². The van der Waals surface area contributed by atoms with E-state index in [1.165, 1.54) is 4.88 Å². The Morgan fingerprint density at radius 1 is 1.03 bits per heavy atom. The van der Waals surface area contributed by atoms with Crippen molar-refractivity contribution in [3.8, 4) is 10.4 Å². The average Bonchev–Trinajstić information content (AvgIpc) is 3.28. The summed E-state index contributed by atoms with van der Waals surface area (Å²) in [6.45, 7) is 1.98. The number of carbonyl (C=O) groups excluding carboxylic acids is 2. The second-order valence-electron chi connectivity index (χ2n) is 6.75. The lowest BCUT2D eigenvalue weighted by atomic mass is 10.0. The highest BCUT2D eigenvalue weighted by atomic mass is 32.1. The van der Waals surface area contributed by atoms with E-state index in [2.05, 4.69) is 39.7 Å². The molecule has 0 aliphatic carbocycles. The molecule has 2 aromatic carbocycles. The highest BCUT2D eigenvalue weighted by Gasteiger charge is 2.16. The van der Waals surface area contributed by atoms with Gasteiger partial charge in [-0.1, -0.05) is 42.5 Å². The molecule has 0 saturated heterocycles. The fourth-order valence-corrected chi connectivity index (χ4v) is 3.90. The molecule has 2 amide bonds. The van der Waals surface area contributed by atoms with Gasteiger partial charge in [-0.3, -0.25) is 15.0 Å². The molecule has 6 heteroatoms. The molecule has 1 aromatic heterocycles. The van der Waals surface area contributed by atoms with Gasteiger partial charge in [-0.25, -0.2) is 5.43 Å². The summed E-state index contributed by atoms with van der Waals surface area (Å²) >= 11 is 1.70. The molecular formula is C23H25N3O2S. The van der Waals surface area contributed by atoms with Gasteiger partial charge in [-0.15, -0.1) is 11.3 Å². The third kappa shape index (κ3) is 5.53. The molecule has 0 aliphatic rings. The summed E-state index contributed by atoms with van der Waals surface area (Å²) in [5.41, 5.74) is 8.83. The molecule has 3 rings (SSSR count). The van der Waals surface area contributed by atoms with E-state index in [9.17, 15) is 9.59 Å². The molecule has 1 heterocycles. The fourth-order valence-electron chi connectivity index (χ4n) is 3.17. The molecular weight excluding hydrogens is 382 g/mol. The average molecular weight is 408 g/mol. The van der Waals surface area contributed by atoms with Crippen molar-refractivity contribution >= 4 is 23.2 Å². The Hall–Kier alpha value is -2.96. The number of hydrogen-bond acceptors (Lipinski definition) is 4. The predicted molar refractivity (Wildman–Crippen MR) is 118 cm³/mol. The van der Waals surface area contributed by atoms with Gasteiger partial charge in [-0.05, 0) is 53.6 Å². The maximum absolute atomic E-state index is 12.9. The summed E-state index contributed by atoms with van der Waals surface area (Å²) in [6.07, 6.45) is 0.808. The summed E-state index contributed by atoms with van der Waals surface area (Å²) < 4.78 is 0. The number of rotatable bonds is 8. The van der Waals surface area contributed by atoms with Crippen molar-refractivity contribution in [1.82, 2.24) is 16.2 Å². The van der Waals surface area contributed by atoms with Crippen LogP contribution < -0.4 is 16.2 Å². The highest BCUT2D eigenvalue weighted by molar-refractivity contribution is 7.13. The number of thiophene rings is 1. The molecule has 0 fully saturated rings. The van der Waals surface area contributed by atoms with Crippen molar-refractivity contribution in [3.63, 3.8) is 0 Å². The maximum atomic E-state index is 12.9. The lowest BCUT2D eigenvalue weighted by molar-refractivity contribution is -0.121. The zero-order chi connectivity index (χ0) is 20.6. The number of benzene rings is 2. The molecule has 0 radical (unpaired) electrons. The normalized spacial score (nSPS) is 11.7. The molecule has 0 bridgehead atoms. The summed E-state index contributed by atoms with van der Waals surface area (Å²) in [4.78, 5) is 25.8. The van der Waals surface area contributed by atoms with Crippen molar-refractivity contribution < 1.29 is 9.59 Å². The van der Waals surface area contributed by atoms with Crippen molar-refractivity contribution in [1.29, 1.82) is 0 Å². The summed E-state index contributed by atoms with van der Waals surface area (Å²) in [5.74, 6) is -0.245. The van der Waals surface area contributed by atoms with Crippen LogP contribution in [0.3, 0.4) is 0 Å². The number of hydrogen-bond donors (Lipinski definition) is 3. The number of carbonyl (C=O) groups is 2. The van der Waals surface area contributed by atoms with Crippen molar-refractivity contribution in [2.75, 3.05) is 7.05 Å². The lowest BCUT2D eigenvalue weighted by Gasteiger charge is -2.17. The number of hydrazine groups is 1. The van der Waals surface area contributed by atoms with Gasteiger partial charge >= 0.3 is 0 Å². The molecule has 5 nitrogen and oxygen atoms in total. The van der Waals surface area contributed by atoms with E-state index in [4.69, 9.17) is 0 Å². The van der Waals surface area contributed by atoms with Gasteiger partial charge in [0.15, 0.2) is 0 Å². The van der Waals surface area contributed by atoms with Crippen LogP contribution in [-0.2, 0) is 11.2 Å². The van der Waals surface area contributed by atoms with Crippen LogP contribution >= 0.6 is 11.3 Å². The van der Waals surface area contributed by atoms with Crippen molar-refractivity contribution in [2.45, 2.75) is 25.8 Å². The van der Waals surface area contributed by atoms with Gasteiger partial charge < -0.3 is 5.32 Å². The van der Waals surface area contributed by atoms with E-state index >= 15 is 0 Å². The van der Waals surface area contributed by atoms with Gasteiger partial charge in [0.1, 0.15) is 0 Å². The topological polar surface area (TPSA) is 70.2 Å². The zero-order valence-electron chi connectivity index (χ0n) is 16.6. The van der Waals surface area contributed by atoms with Gasteiger partial charge in [0.05, 0.1) is 6.04 Å². The molecule has 1 unspecified atom stereocenters. The highest BCUT2D eigenvalue weighted by Crippen LogP contribution is 2.27. The second-order valence-corrected chi connectivity index (χ2v) is 7.70. The minimum atomic E-state index is -0.136. The van der Waals surface area contributed by atoms with Gasteiger partial charge in [0.2, 0.25) is 5.91 Å². The van der Waals surface area contributed by atoms with Gasteiger partial charge in [0, 0.05) is 23.9 Å².